The molecule has 3 N–H and O–H groups in total. The van der Waals surface area contributed by atoms with Gasteiger partial charge < -0.3 is 20.7 Å². The fraction of sp³-hybridized carbons (Fsp3) is 0.538. The summed E-state index contributed by atoms with van der Waals surface area (Å²) in [6.07, 6.45) is 2.35. The van der Waals surface area contributed by atoms with E-state index in [4.69, 9.17) is 10.5 Å². The number of hydrogen-bond acceptors (Lipinski definition) is 4. The molecule has 0 aliphatic carbocycles. The van der Waals surface area contributed by atoms with E-state index in [1.165, 1.54) is 19.6 Å². The molecule has 5 heteroatoms. The summed E-state index contributed by atoms with van der Waals surface area (Å²) in [4.78, 5) is 2.29. The fourth-order valence-electron chi connectivity index (χ4n) is 2.35. The smallest absolute Gasteiger partial charge is 0.148 e. The summed E-state index contributed by atoms with van der Waals surface area (Å²) in [6.45, 7) is 1.85. The number of methoxy groups -OCH3 is 1. The first kappa shape index (κ1) is 13.0. The number of likely N-dealkylation sites (N-methyl/N-ethyl adjacent to an activating group) is 1. The summed E-state index contributed by atoms with van der Waals surface area (Å²) in [5.41, 5.74) is 6.40. The van der Waals surface area contributed by atoms with Crippen LogP contribution in [0.15, 0.2) is 12.1 Å². The highest BCUT2D eigenvalue weighted by atomic mass is 19.1. The lowest BCUT2D eigenvalue weighted by molar-refractivity contribution is 0.322. The van der Waals surface area contributed by atoms with Crippen LogP contribution in [0.1, 0.15) is 12.8 Å². The van der Waals surface area contributed by atoms with Crippen LogP contribution in [0.3, 0.4) is 0 Å². The Bertz CT molecular complexity index is 425. The lowest BCUT2D eigenvalue weighted by atomic mass is 10.2. The molecule has 1 aliphatic heterocycles. The lowest BCUT2D eigenvalue weighted by Crippen LogP contribution is -2.31. The minimum Gasteiger partial charge on any atom is -0.495 e. The van der Waals surface area contributed by atoms with Crippen LogP contribution in [-0.2, 0) is 0 Å². The molecule has 1 aliphatic rings. The van der Waals surface area contributed by atoms with Crippen molar-refractivity contribution >= 4 is 11.4 Å². The van der Waals surface area contributed by atoms with Crippen molar-refractivity contribution in [2.75, 3.05) is 38.3 Å². The number of nitrogens with one attached hydrogen (secondary N) is 1. The van der Waals surface area contributed by atoms with Crippen molar-refractivity contribution in [3.8, 4) is 5.75 Å². The van der Waals surface area contributed by atoms with E-state index < -0.39 is 0 Å². The molecule has 0 bridgehead atoms. The number of halogens is 1. The minimum absolute atomic E-state index is 0.318. The first-order valence-electron chi connectivity index (χ1n) is 6.19. The molecule has 0 spiro atoms. The number of likely N-dealkylation sites (tertiary alicyclic amines) is 1. The predicted molar refractivity (Wildman–Crippen MR) is 71.5 cm³/mol. The van der Waals surface area contributed by atoms with Gasteiger partial charge in [0.15, 0.2) is 0 Å². The third-order valence-corrected chi connectivity index (χ3v) is 3.52. The van der Waals surface area contributed by atoms with E-state index in [1.807, 2.05) is 0 Å². The van der Waals surface area contributed by atoms with Crippen LogP contribution in [0.5, 0.6) is 5.75 Å². The van der Waals surface area contributed by atoms with Crippen molar-refractivity contribution in [2.45, 2.75) is 18.9 Å². The monoisotopic (exact) mass is 253 g/mol. The molecule has 0 aromatic heterocycles. The number of ether oxygens (including phenoxy) is 1. The first-order chi connectivity index (χ1) is 8.61. The van der Waals surface area contributed by atoms with Crippen molar-refractivity contribution < 1.29 is 9.13 Å². The van der Waals surface area contributed by atoms with Gasteiger partial charge in [-0.15, -0.1) is 0 Å². The second-order valence-electron chi connectivity index (χ2n) is 4.73. The Hall–Kier alpha value is -1.49. The van der Waals surface area contributed by atoms with Gasteiger partial charge in [0.25, 0.3) is 0 Å². The Balaban J connectivity index is 2.04. The van der Waals surface area contributed by atoms with Gasteiger partial charge in [-0.1, -0.05) is 0 Å². The van der Waals surface area contributed by atoms with Gasteiger partial charge in [0, 0.05) is 24.7 Å². The van der Waals surface area contributed by atoms with E-state index in [-0.39, 0.29) is 5.82 Å². The normalized spacial score (nSPS) is 20.1. The summed E-state index contributed by atoms with van der Waals surface area (Å²) in [5, 5.41) is 3.14. The largest absolute Gasteiger partial charge is 0.495 e. The van der Waals surface area contributed by atoms with Gasteiger partial charge >= 0.3 is 0 Å². The average molecular weight is 253 g/mol. The molecule has 1 saturated heterocycles. The maximum absolute atomic E-state index is 13.7. The Morgan fingerprint density at radius 3 is 2.94 bits per heavy atom. The van der Waals surface area contributed by atoms with E-state index in [0.29, 0.717) is 23.2 Å². The summed E-state index contributed by atoms with van der Waals surface area (Å²) in [7, 11) is 3.62. The molecule has 0 radical (unpaired) electrons. The third-order valence-electron chi connectivity index (χ3n) is 3.52. The second kappa shape index (κ2) is 5.44. The molecule has 1 fully saturated rings. The number of nitrogen functional groups attached to an aromatic ring is 1. The van der Waals surface area contributed by atoms with Gasteiger partial charge in [-0.3, -0.25) is 0 Å². The van der Waals surface area contributed by atoms with E-state index in [9.17, 15) is 4.39 Å². The first-order valence-corrected chi connectivity index (χ1v) is 6.19. The number of hydrogen-bond donors (Lipinski definition) is 2. The van der Waals surface area contributed by atoms with Crippen molar-refractivity contribution in [3.05, 3.63) is 17.9 Å². The zero-order valence-electron chi connectivity index (χ0n) is 10.9. The van der Waals surface area contributed by atoms with Crippen LogP contribution >= 0.6 is 0 Å². The summed E-state index contributed by atoms with van der Waals surface area (Å²) >= 11 is 0. The van der Waals surface area contributed by atoms with E-state index >= 15 is 0 Å². The molecule has 4 nitrogen and oxygen atoms in total. The Morgan fingerprint density at radius 2 is 2.33 bits per heavy atom. The van der Waals surface area contributed by atoms with Crippen molar-refractivity contribution in [3.63, 3.8) is 0 Å². The zero-order valence-corrected chi connectivity index (χ0v) is 10.9. The van der Waals surface area contributed by atoms with Crippen molar-refractivity contribution in [2.24, 2.45) is 0 Å². The molecule has 1 aromatic carbocycles. The van der Waals surface area contributed by atoms with Crippen molar-refractivity contribution in [1.82, 2.24) is 4.90 Å². The van der Waals surface area contributed by atoms with Gasteiger partial charge in [0.2, 0.25) is 0 Å². The van der Waals surface area contributed by atoms with Crippen LogP contribution in [-0.4, -0.2) is 38.2 Å². The van der Waals surface area contributed by atoms with Crippen molar-refractivity contribution in [1.29, 1.82) is 0 Å². The number of nitrogens with two attached hydrogens (primary N) is 1. The average Bonchev–Trinajstić information content (AvgIpc) is 2.74. The van der Waals surface area contributed by atoms with E-state index in [1.54, 1.807) is 6.07 Å². The Morgan fingerprint density at radius 1 is 1.56 bits per heavy atom. The number of rotatable bonds is 4. The van der Waals surface area contributed by atoms with Crippen LogP contribution in [0.4, 0.5) is 15.8 Å². The highest BCUT2D eigenvalue weighted by Crippen LogP contribution is 2.28. The molecule has 2 rings (SSSR count). The summed E-state index contributed by atoms with van der Waals surface area (Å²) < 4.78 is 18.8. The number of nitrogens with zero attached hydrogens (tertiary/aromatic N) is 1. The van der Waals surface area contributed by atoms with Crippen LogP contribution in [0.2, 0.25) is 0 Å². The predicted octanol–water partition coefficient (Wildman–Crippen LogP) is 1.92. The molecule has 0 saturated carbocycles. The van der Waals surface area contributed by atoms with Crippen LogP contribution in [0.25, 0.3) is 0 Å². The maximum Gasteiger partial charge on any atom is 0.148 e. The standard InChI is InChI=1S/C13H20FN3O/c1-17-5-3-4-9(17)8-16-12-7-13(18-2)11(15)6-10(12)14/h6-7,9,16H,3-5,8,15H2,1-2H3. The second-order valence-corrected chi connectivity index (χ2v) is 4.73. The molecule has 1 heterocycles. The van der Waals surface area contributed by atoms with Gasteiger partial charge in [0.1, 0.15) is 11.6 Å². The highest BCUT2D eigenvalue weighted by Gasteiger charge is 2.20. The topological polar surface area (TPSA) is 50.5 Å². The third kappa shape index (κ3) is 2.67. The molecule has 18 heavy (non-hydrogen) atoms. The van der Waals surface area contributed by atoms with Gasteiger partial charge in [-0.2, -0.15) is 0 Å². The quantitative estimate of drug-likeness (QED) is 0.805. The number of anilines is 2. The fourth-order valence-corrected chi connectivity index (χ4v) is 2.35. The molecule has 0 amide bonds. The van der Waals surface area contributed by atoms with E-state index in [2.05, 4.69) is 17.3 Å². The number of benzene rings is 1. The summed E-state index contributed by atoms with van der Waals surface area (Å²) in [6, 6.07) is 3.37. The van der Waals surface area contributed by atoms with Gasteiger partial charge in [-0.25, -0.2) is 4.39 Å². The van der Waals surface area contributed by atoms with E-state index in [0.717, 1.165) is 19.5 Å². The lowest BCUT2D eigenvalue weighted by Gasteiger charge is -2.20. The zero-order chi connectivity index (χ0) is 13.1. The summed E-state index contributed by atoms with van der Waals surface area (Å²) in [5.74, 6) is 0.160. The van der Waals surface area contributed by atoms with Gasteiger partial charge in [0.05, 0.1) is 18.5 Å². The van der Waals surface area contributed by atoms with Crippen LogP contribution in [0, 0.1) is 5.82 Å². The molecular weight excluding hydrogens is 233 g/mol. The minimum atomic E-state index is -0.339. The Kier molecular flexibility index (Phi) is 3.91. The molecule has 1 unspecified atom stereocenters. The maximum atomic E-state index is 13.7. The highest BCUT2D eigenvalue weighted by molar-refractivity contribution is 5.62. The molecular formula is C13H20FN3O. The van der Waals surface area contributed by atoms with Crippen LogP contribution < -0.4 is 15.8 Å². The Labute approximate surface area is 107 Å². The van der Waals surface area contributed by atoms with Gasteiger partial charge in [-0.05, 0) is 26.4 Å². The molecule has 1 aromatic rings. The molecule has 1 atom stereocenters. The SMILES string of the molecule is COc1cc(NCC2CCCN2C)c(F)cc1N. The molecule has 100 valence electrons.